The van der Waals surface area contributed by atoms with Crippen molar-refractivity contribution in [2.75, 3.05) is 26.2 Å². The molecule has 17 heteroatoms. The minimum absolute atomic E-state index is 0.0759. The molecule has 318 valence electrons. The van der Waals surface area contributed by atoms with Gasteiger partial charge >= 0.3 is 18.1 Å². The van der Waals surface area contributed by atoms with Crippen molar-refractivity contribution in [2.45, 2.75) is 63.6 Å². The molecule has 0 bridgehead atoms. The zero-order valence-corrected chi connectivity index (χ0v) is 32.2. The number of carboxylic acid groups (broad SMARTS) is 2. The van der Waals surface area contributed by atoms with Gasteiger partial charge in [-0.05, 0) is 84.9 Å². The summed E-state index contributed by atoms with van der Waals surface area (Å²) < 4.78 is 69.3. The average molecular weight is 839 g/mol. The van der Waals surface area contributed by atoms with Crippen molar-refractivity contribution >= 4 is 28.7 Å². The molecule has 1 aliphatic heterocycles. The number of nitrogens with zero attached hydrogens (tertiary/aromatic N) is 4. The number of aliphatic carboxylic acids is 2. The molecule has 1 aromatic heterocycles. The fourth-order valence-corrected chi connectivity index (χ4v) is 6.74. The molecular formula is C43H43F5N4O8. The Bertz CT molecular complexity index is 2310. The molecule has 0 radical (unpaired) electrons. The second kappa shape index (κ2) is 20.3. The van der Waals surface area contributed by atoms with E-state index in [0.29, 0.717) is 35.4 Å². The Kier molecular flexibility index (Phi) is 15.2. The number of benzene rings is 4. The number of para-hydroxylation sites is 1. The molecule has 4 aromatic carbocycles. The minimum Gasteiger partial charge on any atom is -0.479 e. The second-order valence-electron chi connectivity index (χ2n) is 14.2. The van der Waals surface area contributed by atoms with E-state index in [1.165, 1.54) is 30.7 Å². The van der Waals surface area contributed by atoms with Crippen LogP contribution in [0.1, 0.15) is 41.8 Å². The van der Waals surface area contributed by atoms with Gasteiger partial charge in [-0.1, -0.05) is 67.1 Å². The monoisotopic (exact) mass is 838 g/mol. The van der Waals surface area contributed by atoms with Gasteiger partial charge in [-0.25, -0.2) is 18.4 Å². The smallest absolute Gasteiger partial charge is 0.416 e. The van der Waals surface area contributed by atoms with Gasteiger partial charge in [0.1, 0.15) is 12.4 Å². The number of amides is 1. The summed E-state index contributed by atoms with van der Waals surface area (Å²) in [5.41, 5.74) is 1.73. The molecule has 0 spiro atoms. The number of hydrogen-bond donors (Lipinski definition) is 4. The quantitative estimate of drug-likeness (QED) is 0.104. The zero-order valence-electron chi connectivity index (χ0n) is 32.2. The van der Waals surface area contributed by atoms with E-state index >= 15 is 0 Å². The number of aryl methyl sites for hydroxylation is 2. The van der Waals surface area contributed by atoms with Gasteiger partial charge in [0.15, 0.2) is 23.8 Å². The van der Waals surface area contributed by atoms with Crippen LogP contribution in [-0.2, 0) is 46.5 Å². The number of alkyl halides is 3. The van der Waals surface area contributed by atoms with E-state index < -0.39 is 53.1 Å². The number of carboxylic acids is 2. The topological polar surface area (TPSA) is 174 Å². The first-order chi connectivity index (χ1) is 28.5. The Hall–Kier alpha value is -6.04. The van der Waals surface area contributed by atoms with Crippen LogP contribution in [-0.4, -0.2) is 96.0 Å². The van der Waals surface area contributed by atoms with Crippen LogP contribution in [0.25, 0.3) is 22.0 Å². The lowest BCUT2D eigenvalue weighted by molar-refractivity contribution is -0.165. The summed E-state index contributed by atoms with van der Waals surface area (Å²) in [7, 11) is 0. The number of fused-ring (bicyclic) bond motifs is 1. The molecule has 1 fully saturated rings. The highest BCUT2D eigenvalue weighted by atomic mass is 19.4. The van der Waals surface area contributed by atoms with Gasteiger partial charge in [0.2, 0.25) is 5.91 Å². The first-order valence-electron chi connectivity index (χ1n) is 19.0. The molecule has 60 heavy (non-hydrogen) atoms. The molecule has 1 saturated heterocycles. The highest BCUT2D eigenvalue weighted by molar-refractivity contribution is 5.83. The summed E-state index contributed by atoms with van der Waals surface area (Å²) in [4.78, 5) is 55.2. The third-order valence-electron chi connectivity index (χ3n) is 10.1. The largest absolute Gasteiger partial charge is 0.479 e. The Morgan fingerprint density at radius 3 is 1.97 bits per heavy atom. The highest BCUT2D eigenvalue weighted by Gasteiger charge is 2.30. The molecule has 0 aliphatic carbocycles. The Morgan fingerprint density at radius 2 is 1.37 bits per heavy atom. The normalized spacial score (nSPS) is 14.2. The van der Waals surface area contributed by atoms with E-state index in [9.17, 15) is 41.1 Å². The maximum Gasteiger partial charge on any atom is 0.416 e. The molecule has 1 aliphatic rings. The molecule has 0 saturated carbocycles. The van der Waals surface area contributed by atoms with Crippen LogP contribution < -0.4 is 5.56 Å². The van der Waals surface area contributed by atoms with Crippen molar-refractivity contribution in [1.29, 1.82) is 0 Å². The van der Waals surface area contributed by atoms with Gasteiger partial charge < -0.3 is 34.8 Å². The van der Waals surface area contributed by atoms with Gasteiger partial charge in [-0.15, -0.1) is 0 Å². The van der Waals surface area contributed by atoms with Gasteiger partial charge in [0.05, 0.1) is 16.5 Å². The van der Waals surface area contributed by atoms with E-state index in [4.69, 9.17) is 20.4 Å². The molecule has 1 amide bonds. The molecule has 6 rings (SSSR count). The maximum absolute atomic E-state index is 14.5. The number of carbonyl (C=O) groups excluding carboxylic acids is 1. The lowest BCUT2D eigenvalue weighted by Crippen LogP contribution is -2.41. The van der Waals surface area contributed by atoms with E-state index in [-0.39, 0.29) is 37.4 Å². The highest BCUT2D eigenvalue weighted by Crippen LogP contribution is 2.31. The van der Waals surface area contributed by atoms with Crippen LogP contribution in [0.15, 0.2) is 95.8 Å². The van der Waals surface area contributed by atoms with Crippen molar-refractivity contribution < 1.29 is 56.8 Å². The fourth-order valence-electron chi connectivity index (χ4n) is 6.74. The number of likely N-dealkylation sites (tertiary alicyclic amines) is 1. The van der Waals surface area contributed by atoms with E-state index in [2.05, 4.69) is 9.88 Å². The summed E-state index contributed by atoms with van der Waals surface area (Å²) in [5.74, 6) is -5.36. The van der Waals surface area contributed by atoms with Gasteiger partial charge in [-0.2, -0.15) is 18.2 Å². The van der Waals surface area contributed by atoms with Crippen molar-refractivity contribution in [3.05, 3.63) is 135 Å². The van der Waals surface area contributed by atoms with Crippen LogP contribution in [0.5, 0.6) is 0 Å². The summed E-state index contributed by atoms with van der Waals surface area (Å²) in [5, 5.41) is 32.9. The van der Waals surface area contributed by atoms with Crippen molar-refractivity contribution in [3.63, 3.8) is 0 Å². The summed E-state index contributed by atoms with van der Waals surface area (Å²) in [6.07, 6.45) is -5.38. The number of piperidine rings is 1. The van der Waals surface area contributed by atoms with Crippen LogP contribution >= 0.6 is 0 Å². The third kappa shape index (κ3) is 11.8. The number of aliphatic hydroxyl groups is 2. The third-order valence-corrected chi connectivity index (χ3v) is 10.1. The number of halogens is 5. The molecule has 12 nitrogen and oxygen atoms in total. The van der Waals surface area contributed by atoms with Crippen molar-refractivity contribution in [3.8, 4) is 11.1 Å². The van der Waals surface area contributed by atoms with E-state index in [0.717, 1.165) is 55.3 Å². The second-order valence-corrected chi connectivity index (χ2v) is 14.2. The minimum atomic E-state index is -4.41. The first kappa shape index (κ1) is 45.1. The molecular weight excluding hydrogens is 795 g/mol. The van der Waals surface area contributed by atoms with E-state index in [1.807, 2.05) is 24.3 Å². The maximum atomic E-state index is 14.5. The van der Waals surface area contributed by atoms with Crippen molar-refractivity contribution in [2.24, 2.45) is 0 Å². The summed E-state index contributed by atoms with van der Waals surface area (Å²) in [6, 6.07) is 23.2. The lowest BCUT2D eigenvalue weighted by Gasteiger charge is -2.30. The first-order valence-corrected chi connectivity index (χ1v) is 19.0. The number of hydrogen-bond acceptors (Lipinski definition) is 8. The number of carbonyl (C=O) groups is 3. The standard InChI is InChI=1S/C39H37F5N4O2.C4H6O6/c40-33-9-6-7-30(37(33)41)17-20-35-45-38(50)32-8-2-3-10-34(32)48(35)26-36(49)47(24-23-46-21-4-1-5-22-46)25-27-11-13-28(14-12-27)29-15-18-31(19-16-29)39(42,43)44;5-1(3(7)8)2(6)4(9)10/h2-3,6-16,18-19H,1,4-5,17,20-26H2;1-2,5-6H,(H,7,8)(H,9,10). The Morgan fingerprint density at radius 1 is 0.767 bits per heavy atom. The van der Waals surface area contributed by atoms with E-state index in [1.54, 1.807) is 33.7 Å². The Labute approximate surface area is 340 Å². The van der Waals surface area contributed by atoms with Gasteiger partial charge in [0.25, 0.3) is 5.56 Å². The van der Waals surface area contributed by atoms with Gasteiger partial charge in [-0.3, -0.25) is 9.59 Å². The Balaban J connectivity index is 0.000000606. The number of rotatable bonds is 14. The van der Waals surface area contributed by atoms with Gasteiger partial charge in [0, 0.05) is 26.1 Å². The molecule has 2 heterocycles. The SMILES string of the molecule is O=C(Cn1c(CCc2cccc(F)c2F)nc(=O)c2ccccc21)N(CCN1CCCCC1)Cc1ccc(-c2ccc(C(F)(F)F)cc2)cc1.O=C(O)C(O)C(O)C(=O)O. The predicted molar refractivity (Wildman–Crippen MR) is 210 cm³/mol. The summed E-state index contributed by atoms with van der Waals surface area (Å²) >= 11 is 0. The summed E-state index contributed by atoms with van der Waals surface area (Å²) in [6.45, 7) is 3.21. The molecule has 2 unspecified atom stereocenters. The number of aliphatic hydroxyl groups excluding tert-OH is 2. The van der Waals surface area contributed by atoms with Crippen LogP contribution in [0.3, 0.4) is 0 Å². The average Bonchev–Trinajstić information content (AvgIpc) is 3.24. The predicted octanol–water partition coefficient (Wildman–Crippen LogP) is 5.54. The lowest BCUT2D eigenvalue weighted by atomic mass is 10.0. The van der Waals surface area contributed by atoms with Crippen LogP contribution in [0.2, 0.25) is 0 Å². The zero-order chi connectivity index (χ0) is 43.6. The molecule has 5 aromatic rings. The van der Waals surface area contributed by atoms with Crippen LogP contribution in [0, 0.1) is 11.6 Å². The van der Waals surface area contributed by atoms with Crippen molar-refractivity contribution in [1.82, 2.24) is 19.4 Å². The van der Waals surface area contributed by atoms with Crippen LogP contribution in [0.4, 0.5) is 22.0 Å². The number of aromatic nitrogens is 2. The fraction of sp³-hybridized carbons (Fsp3) is 0.326. The molecule has 2 atom stereocenters. The molecule has 4 N–H and O–H groups in total.